The second-order valence-electron chi connectivity index (χ2n) is 4.49. The molecular weight excluding hydrogens is 252 g/mol. The van der Waals surface area contributed by atoms with Crippen molar-refractivity contribution in [2.75, 3.05) is 13.7 Å². The Bertz CT molecular complexity index is 544. The summed E-state index contributed by atoms with van der Waals surface area (Å²) in [4.78, 5) is 4.20. The minimum Gasteiger partial charge on any atom is -0.456 e. The van der Waals surface area contributed by atoms with Crippen molar-refractivity contribution in [3.05, 3.63) is 53.9 Å². The average Bonchev–Trinajstić information content (AvgIpc) is 2.46. The number of methoxy groups -OCH3 is 1. The van der Waals surface area contributed by atoms with Gasteiger partial charge >= 0.3 is 0 Å². The lowest BCUT2D eigenvalue weighted by Crippen LogP contribution is -2.11. The van der Waals surface area contributed by atoms with Gasteiger partial charge in [-0.3, -0.25) is 4.98 Å². The van der Waals surface area contributed by atoms with E-state index < -0.39 is 0 Å². The lowest BCUT2D eigenvalue weighted by Gasteiger charge is -2.09. The van der Waals surface area contributed by atoms with E-state index in [1.54, 1.807) is 13.3 Å². The molecule has 2 rings (SSSR count). The molecular formula is C16H20N2O2. The highest BCUT2D eigenvalue weighted by atomic mass is 16.5. The van der Waals surface area contributed by atoms with Gasteiger partial charge in [-0.15, -0.1) is 0 Å². The van der Waals surface area contributed by atoms with E-state index in [-0.39, 0.29) is 0 Å². The van der Waals surface area contributed by atoms with Crippen molar-refractivity contribution >= 4 is 0 Å². The summed E-state index contributed by atoms with van der Waals surface area (Å²) in [6, 6.07) is 9.87. The summed E-state index contributed by atoms with van der Waals surface area (Å²) < 4.78 is 11.0. The Morgan fingerprint density at radius 2 is 1.95 bits per heavy atom. The fourth-order valence-corrected chi connectivity index (χ4v) is 1.89. The molecule has 0 atom stereocenters. The van der Waals surface area contributed by atoms with E-state index in [1.165, 1.54) is 0 Å². The molecule has 0 saturated heterocycles. The van der Waals surface area contributed by atoms with Gasteiger partial charge in [0.2, 0.25) is 0 Å². The fraction of sp³-hybridized carbons (Fsp3) is 0.312. The maximum absolute atomic E-state index is 5.84. The molecule has 0 saturated carbocycles. The van der Waals surface area contributed by atoms with Crippen molar-refractivity contribution in [3.63, 3.8) is 0 Å². The van der Waals surface area contributed by atoms with Crippen LogP contribution < -0.4 is 10.1 Å². The minimum atomic E-state index is 0.579. The first kappa shape index (κ1) is 14.5. The van der Waals surface area contributed by atoms with Crippen molar-refractivity contribution in [2.24, 2.45) is 0 Å². The monoisotopic (exact) mass is 272 g/mol. The molecule has 0 aliphatic rings. The number of hydrogen-bond acceptors (Lipinski definition) is 4. The van der Waals surface area contributed by atoms with Crippen molar-refractivity contribution in [2.45, 2.75) is 20.1 Å². The van der Waals surface area contributed by atoms with E-state index in [0.717, 1.165) is 35.7 Å². The molecule has 1 N–H and O–H groups in total. The minimum absolute atomic E-state index is 0.579. The highest BCUT2D eigenvalue weighted by Crippen LogP contribution is 2.22. The van der Waals surface area contributed by atoms with Crippen LogP contribution in [0.4, 0.5) is 0 Å². The van der Waals surface area contributed by atoms with Crippen LogP contribution in [0.3, 0.4) is 0 Å². The van der Waals surface area contributed by atoms with Crippen LogP contribution in [-0.2, 0) is 17.9 Å². The molecule has 1 heterocycles. The molecule has 4 heteroatoms. The number of aromatic nitrogens is 1. The molecule has 0 aliphatic carbocycles. The third kappa shape index (κ3) is 4.33. The lowest BCUT2D eigenvalue weighted by atomic mass is 10.2. The second-order valence-corrected chi connectivity index (χ2v) is 4.49. The molecule has 0 amide bonds. The summed E-state index contributed by atoms with van der Waals surface area (Å²) in [7, 11) is 1.68. The Balaban J connectivity index is 2.07. The van der Waals surface area contributed by atoms with Gasteiger partial charge in [-0.25, -0.2) is 0 Å². The molecule has 0 aliphatic heterocycles. The van der Waals surface area contributed by atoms with Crippen molar-refractivity contribution in [1.29, 1.82) is 0 Å². The van der Waals surface area contributed by atoms with Gasteiger partial charge in [0, 0.05) is 19.9 Å². The van der Waals surface area contributed by atoms with Crippen LogP contribution in [0.2, 0.25) is 0 Å². The first-order valence-electron chi connectivity index (χ1n) is 6.72. The van der Waals surface area contributed by atoms with E-state index in [9.17, 15) is 0 Å². The van der Waals surface area contributed by atoms with Gasteiger partial charge in [0.25, 0.3) is 0 Å². The molecule has 1 aromatic carbocycles. The van der Waals surface area contributed by atoms with Crippen molar-refractivity contribution < 1.29 is 9.47 Å². The van der Waals surface area contributed by atoms with E-state index in [4.69, 9.17) is 9.47 Å². The standard InChI is InChI=1S/C16H20N2O2/c1-3-17-9-14-8-16(11-18-10-14)20-15-6-4-5-13(7-15)12-19-2/h4-8,10-11,17H,3,9,12H2,1-2H3. The first-order valence-corrected chi connectivity index (χ1v) is 6.72. The van der Waals surface area contributed by atoms with Gasteiger partial charge in [0.1, 0.15) is 11.5 Å². The Morgan fingerprint density at radius 3 is 2.75 bits per heavy atom. The molecule has 20 heavy (non-hydrogen) atoms. The highest BCUT2D eigenvalue weighted by Gasteiger charge is 2.01. The van der Waals surface area contributed by atoms with Crippen LogP contribution in [0.5, 0.6) is 11.5 Å². The second kappa shape index (κ2) is 7.62. The molecule has 0 bridgehead atoms. The maximum Gasteiger partial charge on any atom is 0.146 e. The number of nitrogens with one attached hydrogen (secondary N) is 1. The van der Waals surface area contributed by atoms with Gasteiger partial charge in [-0.2, -0.15) is 0 Å². The zero-order valence-electron chi connectivity index (χ0n) is 11.9. The lowest BCUT2D eigenvalue weighted by molar-refractivity contribution is 0.184. The number of nitrogens with zero attached hydrogens (tertiary/aromatic N) is 1. The largest absolute Gasteiger partial charge is 0.456 e. The summed E-state index contributed by atoms with van der Waals surface area (Å²) in [5.74, 6) is 1.54. The first-order chi connectivity index (χ1) is 9.81. The van der Waals surface area contributed by atoms with Crippen molar-refractivity contribution in [1.82, 2.24) is 10.3 Å². The van der Waals surface area contributed by atoms with E-state index in [2.05, 4.69) is 17.2 Å². The molecule has 4 nitrogen and oxygen atoms in total. The van der Waals surface area contributed by atoms with Crippen LogP contribution in [0, 0.1) is 0 Å². The number of ether oxygens (including phenoxy) is 2. The van der Waals surface area contributed by atoms with Gasteiger partial charge in [0.05, 0.1) is 12.8 Å². The molecule has 2 aromatic rings. The molecule has 106 valence electrons. The zero-order chi connectivity index (χ0) is 14.2. The Hall–Kier alpha value is -1.91. The number of hydrogen-bond donors (Lipinski definition) is 1. The number of benzene rings is 1. The van der Waals surface area contributed by atoms with Gasteiger partial charge < -0.3 is 14.8 Å². The van der Waals surface area contributed by atoms with Crippen LogP contribution in [0.1, 0.15) is 18.1 Å². The molecule has 0 spiro atoms. The third-order valence-corrected chi connectivity index (χ3v) is 2.79. The van der Waals surface area contributed by atoms with Crippen LogP contribution >= 0.6 is 0 Å². The number of rotatable bonds is 7. The topological polar surface area (TPSA) is 43.4 Å². The average molecular weight is 272 g/mol. The summed E-state index contributed by atoms with van der Waals surface area (Å²) in [6.45, 7) is 4.39. The summed E-state index contributed by atoms with van der Waals surface area (Å²) in [6.07, 6.45) is 3.56. The smallest absolute Gasteiger partial charge is 0.146 e. The Morgan fingerprint density at radius 1 is 1.10 bits per heavy atom. The number of pyridine rings is 1. The van der Waals surface area contributed by atoms with Crippen LogP contribution in [0.15, 0.2) is 42.7 Å². The predicted molar refractivity (Wildman–Crippen MR) is 78.8 cm³/mol. The van der Waals surface area contributed by atoms with Gasteiger partial charge in [0.15, 0.2) is 0 Å². The summed E-state index contributed by atoms with van der Waals surface area (Å²) >= 11 is 0. The van der Waals surface area contributed by atoms with Gasteiger partial charge in [-0.05, 0) is 35.9 Å². The highest BCUT2D eigenvalue weighted by molar-refractivity contribution is 5.34. The quantitative estimate of drug-likeness (QED) is 0.841. The third-order valence-electron chi connectivity index (χ3n) is 2.79. The van der Waals surface area contributed by atoms with Gasteiger partial charge in [-0.1, -0.05) is 19.1 Å². The molecule has 0 unspecified atom stereocenters. The molecule has 0 radical (unpaired) electrons. The molecule has 0 fully saturated rings. The van der Waals surface area contributed by atoms with Crippen LogP contribution in [-0.4, -0.2) is 18.6 Å². The van der Waals surface area contributed by atoms with Crippen LogP contribution in [0.25, 0.3) is 0 Å². The fourth-order valence-electron chi connectivity index (χ4n) is 1.89. The zero-order valence-corrected chi connectivity index (χ0v) is 11.9. The Kier molecular flexibility index (Phi) is 5.53. The maximum atomic E-state index is 5.84. The van der Waals surface area contributed by atoms with E-state index >= 15 is 0 Å². The van der Waals surface area contributed by atoms with E-state index in [0.29, 0.717) is 6.61 Å². The summed E-state index contributed by atoms with van der Waals surface area (Å²) in [5.41, 5.74) is 2.19. The normalized spacial score (nSPS) is 10.5. The summed E-state index contributed by atoms with van der Waals surface area (Å²) in [5, 5.41) is 3.27. The molecule has 1 aromatic heterocycles. The predicted octanol–water partition coefficient (Wildman–Crippen LogP) is 3.13. The Labute approximate surface area is 119 Å². The van der Waals surface area contributed by atoms with Crippen molar-refractivity contribution in [3.8, 4) is 11.5 Å². The SMILES string of the molecule is CCNCc1cncc(Oc2cccc(COC)c2)c1. The van der Waals surface area contributed by atoms with E-state index in [1.807, 2.05) is 36.5 Å².